The Morgan fingerprint density at radius 3 is 2.60 bits per heavy atom. The van der Waals surface area contributed by atoms with Gasteiger partial charge in [-0.3, -0.25) is 0 Å². The van der Waals surface area contributed by atoms with Gasteiger partial charge in [0.05, 0.1) is 0 Å². The number of nitrogens with two attached hydrogens (primary N) is 1. The lowest BCUT2D eigenvalue weighted by Crippen LogP contribution is -2.13. The van der Waals surface area contributed by atoms with Gasteiger partial charge in [0.15, 0.2) is 5.84 Å². The Morgan fingerprint density at radius 1 is 1.20 bits per heavy atom. The summed E-state index contributed by atoms with van der Waals surface area (Å²) in [6.45, 7) is 0. The Hall–Kier alpha value is -2.23. The lowest BCUT2D eigenvalue weighted by atomic mass is 10.2. The van der Waals surface area contributed by atoms with Crippen LogP contribution >= 0.6 is 0 Å². The summed E-state index contributed by atoms with van der Waals surface area (Å²) >= 11 is 0. The first-order chi connectivity index (χ1) is 7.31. The summed E-state index contributed by atoms with van der Waals surface area (Å²) in [6.07, 6.45) is 3.87. The molecule has 2 aromatic rings. The molecule has 0 saturated heterocycles. The van der Waals surface area contributed by atoms with Crippen molar-refractivity contribution >= 4 is 5.84 Å². The number of aromatic nitrogens is 1. The van der Waals surface area contributed by atoms with Crippen LogP contribution in [-0.4, -0.2) is 15.6 Å². The summed E-state index contributed by atoms with van der Waals surface area (Å²) in [7, 11) is 0. The molecule has 1 aromatic heterocycles. The summed E-state index contributed by atoms with van der Waals surface area (Å²) in [5.41, 5.74) is 7.18. The molecule has 2 rings (SSSR count). The molecule has 0 bridgehead atoms. The maximum absolute atomic E-state index is 8.57. The van der Waals surface area contributed by atoms with Crippen LogP contribution in [-0.2, 0) is 0 Å². The minimum atomic E-state index is 0.115. The third-order valence-corrected chi connectivity index (χ3v) is 2.15. The molecule has 76 valence electrons. The zero-order chi connectivity index (χ0) is 10.7. The number of benzene rings is 1. The van der Waals surface area contributed by atoms with Gasteiger partial charge in [-0.25, -0.2) is 0 Å². The minimum Gasteiger partial charge on any atom is -0.409 e. The molecule has 0 spiro atoms. The fourth-order valence-electron chi connectivity index (χ4n) is 1.39. The van der Waals surface area contributed by atoms with E-state index in [-0.39, 0.29) is 5.84 Å². The number of nitrogens with zero attached hydrogens (tertiary/aromatic N) is 2. The molecule has 0 aliphatic rings. The van der Waals surface area contributed by atoms with Crippen molar-refractivity contribution in [1.82, 2.24) is 4.57 Å². The van der Waals surface area contributed by atoms with Crippen LogP contribution in [0, 0.1) is 0 Å². The Kier molecular flexibility index (Phi) is 2.41. The van der Waals surface area contributed by atoms with E-state index in [1.807, 2.05) is 47.3 Å². The summed E-state index contributed by atoms with van der Waals surface area (Å²) in [6, 6.07) is 11.3. The number of oxime groups is 1. The van der Waals surface area contributed by atoms with Gasteiger partial charge in [-0.1, -0.05) is 17.3 Å². The number of amidine groups is 1. The Labute approximate surface area is 87.3 Å². The van der Waals surface area contributed by atoms with Crippen molar-refractivity contribution in [3.05, 3.63) is 54.4 Å². The van der Waals surface area contributed by atoms with E-state index in [9.17, 15) is 0 Å². The van der Waals surface area contributed by atoms with E-state index in [1.165, 1.54) is 0 Å². The largest absolute Gasteiger partial charge is 0.409 e. The lowest BCUT2D eigenvalue weighted by Gasteiger charge is -2.04. The molecule has 0 unspecified atom stereocenters. The molecule has 0 atom stereocenters. The van der Waals surface area contributed by atoms with Crippen molar-refractivity contribution < 1.29 is 5.21 Å². The van der Waals surface area contributed by atoms with Crippen molar-refractivity contribution in [2.75, 3.05) is 0 Å². The topological polar surface area (TPSA) is 63.5 Å². The van der Waals surface area contributed by atoms with Crippen molar-refractivity contribution in [1.29, 1.82) is 0 Å². The molecule has 1 aromatic carbocycles. The average Bonchev–Trinajstić information content (AvgIpc) is 2.82. The Balaban J connectivity index is 2.44. The van der Waals surface area contributed by atoms with Crippen LogP contribution in [0.25, 0.3) is 5.69 Å². The SMILES string of the molecule is N/C(=N/O)c1cccc(-n2cccc2)c1. The van der Waals surface area contributed by atoms with Crippen LogP contribution in [0.1, 0.15) is 5.56 Å². The summed E-state index contributed by atoms with van der Waals surface area (Å²) in [5.74, 6) is 0.115. The van der Waals surface area contributed by atoms with Gasteiger partial charge in [0.25, 0.3) is 0 Å². The maximum Gasteiger partial charge on any atom is 0.170 e. The second kappa shape index (κ2) is 3.88. The van der Waals surface area contributed by atoms with Gasteiger partial charge in [0.2, 0.25) is 0 Å². The quantitative estimate of drug-likeness (QED) is 0.335. The lowest BCUT2D eigenvalue weighted by molar-refractivity contribution is 0.318. The highest BCUT2D eigenvalue weighted by Gasteiger charge is 2.00. The predicted molar refractivity (Wildman–Crippen MR) is 58.3 cm³/mol. The van der Waals surface area contributed by atoms with Crippen molar-refractivity contribution in [2.24, 2.45) is 10.9 Å². The van der Waals surface area contributed by atoms with Crippen LogP contribution in [0.3, 0.4) is 0 Å². The highest BCUT2D eigenvalue weighted by Crippen LogP contribution is 2.10. The third kappa shape index (κ3) is 1.83. The van der Waals surface area contributed by atoms with Gasteiger partial charge in [-0.15, -0.1) is 0 Å². The minimum absolute atomic E-state index is 0.115. The van der Waals surface area contributed by atoms with E-state index < -0.39 is 0 Å². The zero-order valence-electron chi connectivity index (χ0n) is 8.04. The Bertz CT molecular complexity index is 474. The summed E-state index contributed by atoms with van der Waals surface area (Å²) in [5, 5.41) is 11.5. The summed E-state index contributed by atoms with van der Waals surface area (Å²) < 4.78 is 1.95. The molecule has 4 nitrogen and oxygen atoms in total. The number of hydrogen-bond donors (Lipinski definition) is 2. The predicted octanol–water partition coefficient (Wildman–Crippen LogP) is 1.57. The van der Waals surface area contributed by atoms with E-state index in [0.29, 0.717) is 5.56 Å². The molecule has 0 radical (unpaired) electrons. The summed E-state index contributed by atoms with van der Waals surface area (Å²) in [4.78, 5) is 0. The van der Waals surface area contributed by atoms with Gasteiger partial charge in [-0.05, 0) is 24.3 Å². The first-order valence-electron chi connectivity index (χ1n) is 4.52. The molecule has 0 amide bonds. The highest BCUT2D eigenvalue weighted by molar-refractivity contribution is 5.97. The molecule has 0 saturated carbocycles. The molecule has 15 heavy (non-hydrogen) atoms. The van der Waals surface area contributed by atoms with Crippen molar-refractivity contribution in [2.45, 2.75) is 0 Å². The van der Waals surface area contributed by atoms with Crippen LogP contribution in [0.5, 0.6) is 0 Å². The van der Waals surface area contributed by atoms with Crippen LogP contribution in [0.2, 0.25) is 0 Å². The van der Waals surface area contributed by atoms with Gasteiger partial charge in [0, 0.05) is 23.6 Å². The number of hydrogen-bond acceptors (Lipinski definition) is 2. The maximum atomic E-state index is 8.57. The van der Waals surface area contributed by atoms with Crippen molar-refractivity contribution in [3.63, 3.8) is 0 Å². The molecule has 1 heterocycles. The fourth-order valence-corrected chi connectivity index (χ4v) is 1.39. The van der Waals surface area contributed by atoms with Gasteiger partial charge < -0.3 is 15.5 Å². The Morgan fingerprint density at radius 2 is 1.93 bits per heavy atom. The van der Waals surface area contributed by atoms with E-state index in [2.05, 4.69) is 5.16 Å². The van der Waals surface area contributed by atoms with Gasteiger partial charge in [-0.2, -0.15) is 0 Å². The first-order valence-corrected chi connectivity index (χ1v) is 4.52. The molecule has 0 fully saturated rings. The molecule has 3 N–H and O–H groups in total. The zero-order valence-corrected chi connectivity index (χ0v) is 8.04. The second-order valence-electron chi connectivity index (χ2n) is 3.13. The van der Waals surface area contributed by atoms with E-state index in [0.717, 1.165) is 5.69 Å². The van der Waals surface area contributed by atoms with E-state index >= 15 is 0 Å². The van der Waals surface area contributed by atoms with Crippen LogP contribution in [0.15, 0.2) is 53.9 Å². The normalized spacial score (nSPS) is 11.6. The van der Waals surface area contributed by atoms with Gasteiger partial charge in [0.1, 0.15) is 0 Å². The van der Waals surface area contributed by atoms with E-state index in [1.54, 1.807) is 6.07 Å². The van der Waals surface area contributed by atoms with Crippen LogP contribution in [0.4, 0.5) is 0 Å². The monoisotopic (exact) mass is 201 g/mol. The first kappa shape index (κ1) is 9.33. The molecule has 0 aliphatic heterocycles. The second-order valence-corrected chi connectivity index (χ2v) is 3.13. The standard InChI is InChI=1S/C11H11N3O/c12-11(13-15)9-4-3-5-10(8-9)14-6-1-2-7-14/h1-8,15H,(H2,12,13). The third-order valence-electron chi connectivity index (χ3n) is 2.15. The van der Waals surface area contributed by atoms with E-state index in [4.69, 9.17) is 10.9 Å². The molecular weight excluding hydrogens is 190 g/mol. The highest BCUT2D eigenvalue weighted by atomic mass is 16.4. The molecule has 0 aliphatic carbocycles. The molecule has 4 heteroatoms. The molecular formula is C11H11N3O. The smallest absolute Gasteiger partial charge is 0.170 e. The van der Waals surface area contributed by atoms with Crippen LogP contribution < -0.4 is 5.73 Å². The number of rotatable bonds is 2. The van der Waals surface area contributed by atoms with Crippen molar-refractivity contribution in [3.8, 4) is 5.69 Å². The average molecular weight is 201 g/mol. The fraction of sp³-hybridized carbons (Fsp3) is 0. The van der Waals surface area contributed by atoms with Gasteiger partial charge >= 0.3 is 0 Å².